The molecule has 118 valence electrons. The monoisotopic (exact) mass is 290 g/mol. The van der Waals surface area contributed by atoms with Crippen LogP contribution in [-0.4, -0.2) is 36.7 Å². The Bertz CT molecular complexity index is 416. The molecule has 0 saturated carbocycles. The van der Waals surface area contributed by atoms with Crippen molar-refractivity contribution in [1.29, 1.82) is 0 Å². The second-order valence-electron chi connectivity index (χ2n) is 6.33. The van der Waals surface area contributed by atoms with Crippen LogP contribution in [0, 0.1) is 0 Å². The van der Waals surface area contributed by atoms with Crippen molar-refractivity contribution in [2.24, 2.45) is 0 Å². The number of hydrogen-bond donors (Lipinski definition) is 1. The molecule has 0 spiro atoms. The van der Waals surface area contributed by atoms with Crippen molar-refractivity contribution in [1.82, 2.24) is 10.2 Å². The molecule has 0 aliphatic carbocycles. The minimum Gasteiger partial charge on any atom is -0.491 e. The third kappa shape index (κ3) is 4.72. The highest BCUT2D eigenvalue weighted by Gasteiger charge is 2.23. The van der Waals surface area contributed by atoms with Gasteiger partial charge in [-0.25, -0.2) is 0 Å². The van der Waals surface area contributed by atoms with Gasteiger partial charge in [-0.05, 0) is 64.4 Å². The normalized spacial score (nSPS) is 20.9. The molecule has 1 aliphatic rings. The zero-order valence-corrected chi connectivity index (χ0v) is 13.9. The summed E-state index contributed by atoms with van der Waals surface area (Å²) in [5, 5.41) is 3.62. The smallest absolute Gasteiger partial charge is 0.119 e. The molecule has 0 radical (unpaired) electrons. The molecule has 2 unspecified atom stereocenters. The number of rotatable bonds is 7. The standard InChI is InChI=1S/C18H30N2O/c1-5-19-18(13-20-12-6-7-15(20)4)16-8-10-17(11-9-16)21-14(2)3/h8-11,14-15,18-19H,5-7,12-13H2,1-4H3. The number of benzene rings is 1. The lowest BCUT2D eigenvalue weighted by Gasteiger charge is -2.28. The lowest BCUT2D eigenvalue weighted by Crippen LogP contribution is -2.37. The lowest BCUT2D eigenvalue weighted by atomic mass is 10.1. The van der Waals surface area contributed by atoms with Crippen molar-refractivity contribution in [3.8, 4) is 5.75 Å². The highest BCUT2D eigenvalue weighted by molar-refractivity contribution is 5.29. The Morgan fingerprint density at radius 3 is 2.52 bits per heavy atom. The Morgan fingerprint density at radius 1 is 1.29 bits per heavy atom. The number of likely N-dealkylation sites (N-methyl/N-ethyl adjacent to an activating group) is 1. The second kappa shape index (κ2) is 7.81. The maximum atomic E-state index is 5.73. The maximum absolute atomic E-state index is 5.73. The number of hydrogen-bond acceptors (Lipinski definition) is 3. The van der Waals surface area contributed by atoms with Crippen molar-refractivity contribution in [2.75, 3.05) is 19.6 Å². The van der Waals surface area contributed by atoms with E-state index in [0.29, 0.717) is 6.04 Å². The third-order valence-corrected chi connectivity index (χ3v) is 4.21. The van der Waals surface area contributed by atoms with E-state index in [4.69, 9.17) is 4.74 Å². The second-order valence-corrected chi connectivity index (χ2v) is 6.33. The van der Waals surface area contributed by atoms with Crippen molar-refractivity contribution < 1.29 is 4.74 Å². The summed E-state index contributed by atoms with van der Waals surface area (Å²) < 4.78 is 5.73. The fraction of sp³-hybridized carbons (Fsp3) is 0.667. The zero-order chi connectivity index (χ0) is 15.2. The number of nitrogens with zero attached hydrogens (tertiary/aromatic N) is 1. The molecule has 1 N–H and O–H groups in total. The fourth-order valence-electron chi connectivity index (χ4n) is 3.08. The number of nitrogens with one attached hydrogen (secondary N) is 1. The molecule has 1 heterocycles. The van der Waals surface area contributed by atoms with Gasteiger partial charge in [0, 0.05) is 18.6 Å². The average molecular weight is 290 g/mol. The van der Waals surface area contributed by atoms with E-state index in [1.807, 2.05) is 0 Å². The van der Waals surface area contributed by atoms with Gasteiger partial charge in [-0.1, -0.05) is 19.1 Å². The van der Waals surface area contributed by atoms with Crippen LogP contribution < -0.4 is 10.1 Å². The van der Waals surface area contributed by atoms with Crippen molar-refractivity contribution >= 4 is 0 Å². The minimum absolute atomic E-state index is 0.228. The number of ether oxygens (including phenoxy) is 1. The Labute approximate surface area is 129 Å². The SMILES string of the molecule is CCNC(CN1CCCC1C)c1ccc(OC(C)C)cc1. The summed E-state index contributed by atoms with van der Waals surface area (Å²) in [6.45, 7) is 12.0. The Balaban J connectivity index is 2.03. The molecule has 0 amide bonds. The predicted octanol–water partition coefficient (Wildman–Crippen LogP) is 3.61. The predicted molar refractivity (Wildman–Crippen MR) is 88.9 cm³/mol. The van der Waals surface area contributed by atoms with Crippen LogP contribution in [0.15, 0.2) is 24.3 Å². The summed E-state index contributed by atoms with van der Waals surface area (Å²) in [5.41, 5.74) is 1.35. The Morgan fingerprint density at radius 2 is 2.00 bits per heavy atom. The molecule has 0 bridgehead atoms. The Hall–Kier alpha value is -1.06. The first-order valence-electron chi connectivity index (χ1n) is 8.34. The molecule has 3 heteroatoms. The minimum atomic E-state index is 0.228. The highest BCUT2D eigenvalue weighted by atomic mass is 16.5. The molecule has 1 aliphatic heterocycles. The largest absolute Gasteiger partial charge is 0.491 e. The molecular weight excluding hydrogens is 260 g/mol. The van der Waals surface area contributed by atoms with Crippen LogP contribution >= 0.6 is 0 Å². The van der Waals surface area contributed by atoms with E-state index in [9.17, 15) is 0 Å². The quantitative estimate of drug-likeness (QED) is 0.830. The van der Waals surface area contributed by atoms with Gasteiger partial charge in [0.2, 0.25) is 0 Å². The van der Waals surface area contributed by atoms with Gasteiger partial charge in [0.25, 0.3) is 0 Å². The zero-order valence-electron chi connectivity index (χ0n) is 13.9. The summed E-state index contributed by atoms with van der Waals surface area (Å²) in [4.78, 5) is 2.60. The van der Waals surface area contributed by atoms with Gasteiger partial charge in [-0.3, -0.25) is 4.90 Å². The average Bonchev–Trinajstić information content (AvgIpc) is 2.84. The molecule has 2 rings (SSSR count). The van der Waals surface area contributed by atoms with Crippen LogP contribution in [-0.2, 0) is 0 Å². The van der Waals surface area contributed by atoms with Crippen LogP contribution in [0.3, 0.4) is 0 Å². The molecule has 1 saturated heterocycles. The van der Waals surface area contributed by atoms with Gasteiger partial charge >= 0.3 is 0 Å². The number of likely N-dealkylation sites (tertiary alicyclic amines) is 1. The van der Waals surface area contributed by atoms with Crippen LogP contribution in [0.1, 0.15) is 52.1 Å². The van der Waals surface area contributed by atoms with Crippen LogP contribution in [0.4, 0.5) is 0 Å². The van der Waals surface area contributed by atoms with Crippen LogP contribution in [0.2, 0.25) is 0 Å². The highest BCUT2D eigenvalue weighted by Crippen LogP contribution is 2.23. The summed E-state index contributed by atoms with van der Waals surface area (Å²) in [6, 6.07) is 9.70. The molecule has 0 aromatic heterocycles. The van der Waals surface area contributed by atoms with Crippen molar-refractivity contribution in [3.05, 3.63) is 29.8 Å². The summed E-state index contributed by atoms with van der Waals surface area (Å²) in [5.74, 6) is 0.957. The summed E-state index contributed by atoms with van der Waals surface area (Å²) in [6.07, 6.45) is 2.90. The Kier molecular flexibility index (Phi) is 6.07. The van der Waals surface area contributed by atoms with E-state index in [-0.39, 0.29) is 6.10 Å². The summed E-state index contributed by atoms with van der Waals surface area (Å²) >= 11 is 0. The molecule has 1 aromatic carbocycles. The van der Waals surface area contributed by atoms with E-state index in [1.54, 1.807) is 0 Å². The fourth-order valence-corrected chi connectivity index (χ4v) is 3.08. The first-order valence-corrected chi connectivity index (χ1v) is 8.34. The van der Waals surface area contributed by atoms with E-state index < -0.39 is 0 Å². The van der Waals surface area contributed by atoms with Crippen molar-refractivity contribution in [2.45, 2.75) is 58.7 Å². The van der Waals surface area contributed by atoms with Gasteiger partial charge in [-0.15, -0.1) is 0 Å². The van der Waals surface area contributed by atoms with Crippen LogP contribution in [0.5, 0.6) is 5.75 Å². The van der Waals surface area contributed by atoms with E-state index in [0.717, 1.165) is 24.9 Å². The maximum Gasteiger partial charge on any atom is 0.119 e. The van der Waals surface area contributed by atoms with Gasteiger partial charge < -0.3 is 10.1 Å². The lowest BCUT2D eigenvalue weighted by molar-refractivity contribution is 0.236. The summed E-state index contributed by atoms with van der Waals surface area (Å²) in [7, 11) is 0. The molecule has 1 aromatic rings. The van der Waals surface area contributed by atoms with Gasteiger partial charge in [0.1, 0.15) is 5.75 Å². The topological polar surface area (TPSA) is 24.5 Å². The molecule has 1 fully saturated rings. The third-order valence-electron chi connectivity index (χ3n) is 4.21. The van der Waals surface area contributed by atoms with E-state index >= 15 is 0 Å². The molecular formula is C18H30N2O. The van der Waals surface area contributed by atoms with Gasteiger partial charge in [-0.2, -0.15) is 0 Å². The van der Waals surface area contributed by atoms with Gasteiger partial charge in [0.15, 0.2) is 0 Å². The van der Waals surface area contributed by atoms with Crippen molar-refractivity contribution in [3.63, 3.8) is 0 Å². The van der Waals surface area contributed by atoms with Gasteiger partial charge in [0.05, 0.1) is 6.10 Å². The van der Waals surface area contributed by atoms with Crippen LogP contribution in [0.25, 0.3) is 0 Å². The molecule has 2 atom stereocenters. The first-order chi connectivity index (χ1) is 10.1. The molecule has 21 heavy (non-hydrogen) atoms. The van der Waals surface area contributed by atoms with E-state index in [1.165, 1.54) is 24.9 Å². The molecule has 3 nitrogen and oxygen atoms in total. The van der Waals surface area contributed by atoms with E-state index in [2.05, 4.69) is 62.2 Å². The first kappa shape index (κ1) is 16.3.